The van der Waals surface area contributed by atoms with Crippen LogP contribution in [-0.2, 0) is 10.0 Å². The quantitative estimate of drug-likeness (QED) is 0.720. The van der Waals surface area contributed by atoms with Gasteiger partial charge < -0.3 is 11.1 Å². The highest BCUT2D eigenvalue weighted by Crippen LogP contribution is 2.16. The van der Waals surface area contributed by atoms with Crippen LogP contribution in [0, 0.1) is 0 Å². The summed E-state index contributed by atoms with van der Waals surface area (Å²) >= 11 is 0. The van der Waals surface area contributed by atoms with Crippen molar-refractivity contribution in [2.45, 2.75) is 39.2 Å². The van der Waals surface area contributed by atoms with Crippen molar-refractivity contribution in [2.24, 2.45) is 0 Å². The van der Waals surface area contributed by atoms with Gasteiger partial charge in [-0.3, -0.25) is 0 Å². The van der Waals surface area contributed by atoms with Crippen LogP contribution in [0.2, 0.25) is 0 Å². The first-order chi connectivity index (χ1) is 8.98. The fourth-order valence-electron chi connectivity index (χ4n) is 1.68. The Labute approximate surface area is 120 Å². The van der Waals surface area contributed by atoms with E-state index in [9.17, 15) is 8.42 Å². The average molecular weight is 301 g/mol. The highest BCUT2D eigenvalue weighted by atomic mass is 32.2. The summed E-state index contributed by atoms with van der Waals surface area (Å²) in [6, 6.07) is 1.63. The van der Waals surface area contributed by atoms with E-state index in [1.54, 1.807) is 19.9 Å². The zero-order valence-corrected chi connectivity index (χ0v) is 13.4. The number of anilines is 2. The maximum absolute atomic E-state index is 11.3. The van der Waals surface area contributed by atoms with E-state index in [0.717, 1.165) is 6.26 Å². The van der Waals surface area contributed by atoms with Gasteiger partial charge in [-0.15, -0.1) is 0 Å². The summed E-state index contributed by atoms with van der Waals surface area (Å²) in [5.41, 5.74) is 5.10. The molecule has 0 aliphatic heterocycles. The molecule has 0 bridgehead atoms. The molecule has 1 rings (SSSR count). The Morgan fingerprint density at radius 1 is 1.35 bits per heavy atom. The minimum absolute atomic E-state index is 0.168. The molecule has 114 valence electrons. The van der Waals surface area contributed by atoms with Crippen molar-refractivity contribution in [3.05, 3.63) is 11.9 Å². The number of nitrogens with one attached hydrogen (secondary N) is 2. The number of hydrogen-bond donors (Lipinski definition) is 3. The molecule has 0 aliphatic rings. The molecule has 1 aromatic rings. The first kappa shape index (κ1) is 16.6. The molecule has 0 aliphatic carbocycles. The Bertz CT molecular complexity index is 569. The van der Waals surface area contributed by atoms with Gasteiger partial charge in [-0.2, -0.15) is 0 Å². The molecular weight excluding hydrogens is 278 g/mol. The van der Waals surface area contributed by atoms with Crippen LogP contribution in [0.15, 0.2) is 6.07 Å². The summed E-state index contributed by atoms with van der Waals surface area (Å²) in [7, 11) is -3.26. The maximum Gasteiger partial charge on any atom is 0.209 e. The van der Waals surface area contributed by atoms with E-state index in [2.05, 4.69) is 20.0 Å². The Hall–Kier alpha value is -1.41. The molecular formula is C12H23N5O2S. The van der Waals surface area contributed by atoms with Gasteiger partial charge in [0.2, 0.25) is 10.0 Å². The van der Waals surface area contributed by atoms with E-state index in [0.29, 0.717) is 24.0 Å². The van der Waals surface area contributed by atoms with Crippen LogP contribution < -0.4 is 15.8 Å². The van der Waals surface area contributed by atoms with Crippen LogP contribution in [0.4, 0.5) is 11.6 Å². The van der Waals surface area contributed by atoms with E-state index >= 15 is 0 Å². The first-order valence-electron chi connectivity index (χ1n) is 6.36. The summed E-state index contributed by atoms with van der Waals surface area (Å²) in [5.74, 6) is 1.80. The smallest absolute Gasteiger partial charge is 0.209 e. The van der Waals surface area contributed by atoms with Crippen LogP contribution in [-0.4, -0.2) is 36.7 Å². The van der Waals surface area contributed by atoms with E-state index < -0.39 is 15.6 Å². The summed E-state index contributed by atoms with van der Waals surface area (Å²) in [6.07, 6.45) is 1.13. The van der Waals surface area contributed by atoms with Crippen molar-refractivity contribution < 1.29 is 8.42 Å². The zero-order valence-electron chi connectivity index (χ0n) is 12.6. The van der Waals surface area contributed by atoms with Gasteiger partial charge in [0.15, 0.2) is 0 Å². The molecule has 1 heterocycles. The minimum atomic E-state index is -3.26. The topological polar surface area (TPSA) is 110 Å². The predicted octanol–water partition coefficient (Wildman–Crippen LogP) is 0.922. The second-order valence-electron chi connectivity index (χ2n) is 5.80. The number of aromatic nitrogens is 2. The number of rotatable bonds is 6. The molecule has 1 aromatic heterocycles. The summed E-state index contributed by atoms with van der Waals surface area (Å²) in [4.78, 5) is 8.51. The van der Waals surface area contributed by atoms with Gasteiger partial charge in [-0.05, 0) is 13.8 Å². The monoisotopic (exact) mass is 301 g/mol. The molecule has 0 atom stereocenters. The van der Waals surface area contributed by atoms with Gasteiger partial charge in [0.1, 0.15) is 17.5 Å². The lowest BCUT2D eigenvalue weighted by atomic mass is 10.1. The third-order valence-electron chi connectivity index (χ3n) is 2.45. The Kier molecular flexibility index (Phi) is 4.93. The molecule has 0 radical (unpaired) electrons. The Morgan fingerprint density at radius 3 is 2.45 bits per heavy atom. The minimum Gasteiger partial charge on any atom is -0.384 e. The van der Waals surface area contributed by atoms with E-state index in [4.69, 9.17) is 5.73 Å². The van der Waals surface area contributed by atoms with Gasteiger partial charge in [0.25, 0.3) is 0 Å². The zero-order chi connectivity index (χ0) is 15.6. The molecule has 4 N–H and O–H groups in total. The molecule has 0 aromatic carbocycles. The lowest BCUT2D eigenvalue weighted by Gasteiger charge is -2.25. The third kappa shape index (κ3) is 5.70. The van der Waals surface area contributed by atoms with Crippen molar-refractivity contribution in [3.8, 4) is 0 Å². The molecule has 0 fully saturated rings. The number of nitrogen functional groups attached to an aromatic ring is 1. The van der Waals surface area contributed by atoms with Gasteiger partial charge in [-0.1, -0.05) is 13.8 Å². The normalized spacial score (nSPS) is 12.7. The average Bonchev–Trinajstić information content (AvgIpc) is 2.22. The second kappa shape index (κ2) is 5.92. The summed E-state index contributed by atoms with van der Waals surface area (Å²) in [5, 5.41) is 3.09. The fraction of sp³-hybridized carbons (Fsp3) is 0.667. The van der Waals surface area contributed by atoms with Crippen LogP contribution in [0.3, 0.4) is 0 Å². The molecule has 20 heavy (non-hydrogen) atoms. The standard InChI is InChI=1S/C12H23N5O2S/c1-8(2)11-15-9(13)6-10(16-11)14-7-12(3,4)17-20(5,18)19/h6,8,17H,7H2,1-5H3,(H3,13,14,15,16). The molecule has 7 nitrogen and oxygen atoms in total. The molecule has 0 unspecified atom stereocenters. The lowest BCUT2D eigenvalue weighted by molar-refractivity contribution is 0.475. The van der Waals surface area contributed by atoms with E-state index in [1.165, 1.54) is 0 Å². The Morgan fingerprint density at radius 2 is 1.95 bits per heavy atom. The Balaban J connectivity index is 2.79. The number of sulfonamides is 1. The van der Waals surface area contributed by atoms with Crippen molar-refractivity contribution in [1.29, 1.82) is 0 Å². The van der Waals surface area contributed by atoms with Gasteiger partial charge in [0, 0.05) is 24.1 Å². The van der Waals surface area contributed by atoms with Crippen molar-refractivity contribution in [2.75, 3.05) is 23.9 Å². The third-order valence-corrected chi connectivity index (χ3v) is 3.38. The molecule has 0 saturated heterocycles. The van der Waals surface area contributed by atoms with Gasteiger partial charge in [0.05, 0.1) is 6.26 Å². The van der Waals surface area contributed by atoms with Crippen molar-refractivity contribution >= 4 is 21.7 Å². The molecule has 0 spiro atoms. The second-order valence-corrected chi connectivity index (χ2v) is 7.55. The van der Waals surface area contributed by atoms with Crippen LogP contribution in [0.1, 0.15) is 39.4 Å². The van der Waals surface area contributed by atoms with E-state index in [1.807, 2.05) is 13.8 Å². The highest BCUT2D eigenvalue weighted by molar-refractivity contribution is 7.88. The SMILES string of the molecule is CC(C)c1nc(N)cc(NCC(C)(C)NS(C)(=O)=O)n1. The summed E-state index contributed by atoms with van der Waals surface area (Å²) < 4.78 is 25.1. The first-order valence-corrected chi connectivity index (χ1v) is 8.25. The predicted molar refractivity (Wildman–Crippen MR) is 81.1 cm³/mol. The van der Waals surface area contributed by atoms with Crippen molar-refractivity contribution in [3.63, 3.8) is 0 Å². The fourth-order valence-corrected chi connectivity index (χ4v) is 2.76. The van der Waals surface area contributed by atoms with Gasteiger partial charge in [-0.25, -0.2) is 23.1 Å². The van der Waals surface area contributed by atoms with Crippen LogP contribution >= 0.6 is 0 Å². The lowest BCUT2D eigenvalue weighted by Crippen LogP contribution is -2.47. The maximum atomic E-state index is 11.3. The van der Waals surface area contributed by atoms with E-state index in [-0.39, 0.29) is 5.92 Å². The number of nitrogens with zero attached hydrogens (tertiary/aromatic N) is 2. The molecule has 0 amide bonds. The largest absolute Gasteiger partial charge is 0.384 e. The summed E-state index contributed by atoms with van der Waals surface area (Å²) in [6.45, 7) is 7.92. The molecule has 8 heteroatoms. The van der Waals surface area contributed by atoms with Crippen LogP contribution in [0.25, 0.3) is 0 Å². The highest BCUT2D eigenvalue weighted by Gasteiger charge is 2.22. The number of hydrogen-bond acceptors (Lipinski definition) is 6. The van der Waals surface area contributed by atoms with Crippen LogP contribution in [0.5, 0.6) is 0 Å². The number of nitrogens with two attached hydrogens (primary N) is 1. The van der Waals surface area contributed by atoms with Crippen molar-refractivity contribution in [1.82, 2.24) is 14.7 Å². The van der Waals surface area contributed by atoms with Gasteiger partial charge >= 0.3 is 0 Å². The molecule has 0 saturated carbocycles.